The van der Waals surface area contributed by atoms with Crippen molar-refractivity contribution in [2.24, 2.45) is 0 Å². The van der Waals surface area contributed by atoms with Gasteiger partial charge in [-0.3, -0.25) is 14.5 Å². The third-order valence-electron chi connectivity index (χ3n) is 7.65. The van der Waals surface area contributed by atoms with E-state index in [1.807, 2.05) is 25.1 Å². The lowest BCUT2D eigenvalue weighted by Gasteiger charge is -2.23. The predicted molar refractivity (Wildman–Crippen MR) is 165 cm³/mol. The van der Waals surface area contributed by atoms with Gasteiger partial charge < -0.3 is 9.84 Å². The highest BCUT2D eigenvalue weighted by Gasteiger charge is 2.49. The number of amides is 1. The van der Waals surface area contributed by atoms with E-state index in [4.69, 9.17) is 4.74 Å². The monoisotopic (exact) mass is 609 g/mol. The van der Waals surface area contributed by atoms with Gasteiger partial charge >= 0.3 is 5.91 Å². The van der Waals surface area contributed by atoms with E-state index in [2.05, 4.69) is 34.5 Å². The molecule has 4 aromatic carbocycles. The second-order valence-electron chi connectivity index (χ2n) is 10.4. The van der Waals surface area contributed by atoms with Gasteiger partial charge in [0.1, 0.15) is 29.5 Å². The molecule has 1 fully saturated rings. The number of carbonyl (C=O) groups excluding carboxylic acids is 2. The normalized spacial score (nSPS) is 19.2. The number of ether oxygens (including phenoxy) is 1. The molecular weight excluding hydrogens is 586 g/mol. The number of thioether (sulfide) groups is 1. The van der Waals surface area contributed by atoms with E-state index in [-0.39, 0.29) is 28.1 Å². The molecule has 0 aliphatic carbocycles. The summed E-state index contributed by atoms with van der Waals surface area (Å²) >= 11 is 2.60. The number of Topliss-reactive ketones (excluding diaryl/α,β-unsaturated/α-hetero) is 1. The highest BCUT2D eigenvalue weighted by Crippen LogP contribution is 2.45. The standard InChI is InChI=1S/C33H24FN3O4S2/c1-18-15-22-16-20(13-14-26(22)41-18)29(38)27-28(24-11-4-5-12-25(24)34)37(31(40)30(27)39)32-35-36-33(43-32)42-17-21-9-6-8-19-7-2-3-10-23(19)21/h2-14,16,18,28,38H,15,17H2,1H3/t18-,28-/m0/s1. The molecule has 0 radical (unpaired) electrons. The van der Waals surface area contributed by atoms with Crippen LogP contribution in [-0.4, -0.2) is 33.1 Å². The smallest absolute Gasteiger partial charge is 0.301 e. The molecule has 0 bridgehead atoms. The number of hydrogen-bond acceptors (Lipinski definition) is 8. The van der Waals surface area contributed by atoms with Crippen LogP contribution in [0.2, 0.25) is 0 Å². The minimum absolute atomic E-state index is 0.0125. The van der Waals surface area contributed by atoms with Crippen LogP contribution in [-0.2, 0) is 21.8 Å². The molecule has 214 valence electrons. The first-order valence-corrected chi connectivity index (χ1v) is 15.5. The van der Waals surface area contributed by atoms with Crippen molar-refractivity contribution in [1.82, 2.24) is 10.2 Å². The average molecular weight is 610 g/mol. The van der Waals surface area contributed by atoms with Crippen LogP contribution in [0.25, 0.3) is 16.5 Å². The average Bonchev–Trinajstić information content (AvgIpc) is 3.70. The molecule has 43 heavy (non-hydrogen) atoms. The quantitative estimate of drug-likeness (QED) is 0.0724. The maximum Gasteiger partial charge on any atom is 0.301 e. The number of rotatable bonds is 6. The molecular formula is C33H24FN3O4S2. The van der Waals surface area contributed by atoms with E-state index in [0.717, 1.165) is 38.1 Å². The molecule has 0 unspecified atom stereocenters. The van der Waals surface area contributed by atoms with Crippen LogP contribution in [0.3, 0.4) is 0 Å². The SMILES string of the molecule is C[C@H]1Cc2cc(C(O)=C3C(=O)C(=O)N(c4nnc(SCc5cccc6ccccc56)s4)[C@H]3c3ccccc3F)ccc2O1. The highest BCUT2D eigenvalue weighted by atomic mass is 32.2. The van der Waals surface area contributed by atoms with Crippen molar-refractivity contribution in [3.63, 3.8) is 0 Å². The Bertz CT molecular complexity index is 1950. The molecule has 3 heterocycles. The molecule has 2 aliphatic heterocycles. The molecule has 7 rings (SSSR count). The number of ketones is 1. The fourth-order valence-electron chi connectivity index (χ4n) is 5.66. The third kappa shape index (κ3) is 4.86. The van der Waals surface area contributed by atoms with Crippen molar-refractivity contribution in [1.29, 1.82) is 0 Å². The zero-order valence-corrected chi connectivity index (χ0v) is 24.5. The van der Waals surface area contributed by atoms with Gasteiger partial charge in [-0.05, 0) is 53.1 Å². The van der Waals surface area contributed by atoms with Crippen molar-refractivity contribution in [2.75, 3.05) is 4.90 Å². The second kappa shape index (κ2) is 10.9. The van der Waals surface area contributed by atoms with Gasteiger partial charge in [-0.2, -0.15) is 0 Å². The number of aliphatic hydroxyl groups excluding tert-OH is 1. The molecule has 1 N–H and O–H groups in total. The fraction of sp³-hybridized carbons (Fsp3) is 0.152. The van der Waals surface area contributed by atoms with Crippen LogP contribution < -0.4 is 9.64 Å². The van der Waals surface area contributed by atoms with Gasteiger partial charge in [0.25, 0.3) is 5.78 Å². The Morgan fingerprint density at radius 1 is 1.05 bits per heavy atom. The van der Waals surface area contributed by atoms with E-state index < -0.39 is 23.5 Å². The highest BCUT2D eigenvalue weighted by molar-refractivity contribution is 8.00. The number of benzene rings is 4. The van der Waals surface area contributed by atoms with Crippen molar-refractivity contribution in [3.05, 3.63) is 119 Å². The summed E-state index contributed by atoms with van der Waals surface area (Å²) in [6, 6.07) is 24.0. The van der Waals surface area contributed by atoms with E-state index in [1.165, 1.54) is 30.0 Å². The Kier molecular flexibility index (Phi) is 6.95. The maximum absolute atomic E-state index is 15.3. The van der Waals surface area contributed by atoms with Crippen LogP contribution in [0.1, 0.15) is 35.2 Å². The molecule has 5 aromatic rings. The van der Waals surface area contributed by atoms with Crippen molar-refractivity contribution < 1.29 is 23.8 Å². The molecule has 0 saturated carbocycles. The lowest BCUT2D eigenvalue weighted by Crippen LogP contribution is -2.29. The van der Waals surface area contributed by atoms with E-state index >= 15 is 4.39 Å². The lowest BCUT2D eigenvalue weighted by molar-refractivity contribution is -0.132. The molecule has 2 aliphatic rings. The Labute approximate surface area is 254 Å². The van der Waals surface area contributed by atoms with E-state index in [9.17, 15) is 14.7 Å². The largest absolute Gasteiger partial charge is 0.507 e. The number of aliphatic hydroxyl groups is 1. The number of aromatic nitrogens is 2. The number of hydrogen-bond donors (Lipinski definition) is 1. The Balaban J connectivity index is 1.26. The Hall–Kier alpha value is -4.54. The van der Waals surface area contributed by atoms with Crippen LogP contribution >= 0.6 is 23.1 Å². The second-order valence-corrected chi connectivity index (χ2v) is 12.6. The molecule has 1 saturated heterocycles. The van der Waals surface area contributed by atoms with Gasteiger partial charge in [0.05, 0.1) is 5.57 Å². The van der Waals surface area contributed by atoms with E-state index in [1.54, 1.807) is 24.3 Å². The zero-order valence-electron chi connectivity index (χ0n) is 22.9. The number of fused-ring (bicyclic) bond motifs is 2. The third-order valence-corrected chi connectivity index (χ3v) is 9.75. The first-order chi connectivity index (χ1) is 20.9. The zero-order chi connectivity index (χ0) is 29.7. The summed E-state index contributed by atoms with van der Waals surface area (Å²) in [5.41, 5.74) is 2.22. The maximum atomic E-state index is 15.3. The molecule has 1 amide bonds. The summed E-state index contributed by atoms with van der Waals surface area (Å²) in [6.45, 7) is 1.94. The summed E-state index contributed by atoms with van der Waals surface area (Å²) in [5, 5.41) is 22.4. The van der Waals surface area contributed by atoms with Crippen LogP contribution in [0, 0.1) is 5.82 Å². The first-order valence-electron chi connectivity index (χ1n) is 13.7. The van der Waals surface area contributed by atoms with Crippen molar-refractivity contribution >= 4 is 56.5 Å². The summed E-state index contributed by atoms with van der Waals surface area (Å²) in [7, 11) is 0. The molecule has 2 atom stereocenters. The minimum Gasteiger partial charge on any atom is -0.507 e. The van der Waals surface area contributed by atoms with Crippen LogP contribution in [0.4, 0.5) is 9.52 Å². The van der Waals surface area contributed by atoms with E-state index in [0.29, 0.717) is 27.8 Å². The molecule has 0 spiro atoms. The van der Waals surface area contributed by atoms with Gasteiger partial charge in [0.2, 0.25) is 5.13 Å². The number of halogens is 1. The Morgan fingerprint density at radius 2 is 1.84 bits per heavy atom. The van der Waals surface area contributed by atoms with Crippen LogP contribution in [0.5, 0.6) is 5.75 Å². The predicted octanol–water partition coefficient (Wildman–Crippen LogP) is 7.07. The number of anilines is 1. The van der Waals surface area contributed by atoms with Crippen molar-refractivity contribution in [2.45, 2.75) is 35.6 Å². The van der Waals surface area contributed by atoms with Gasteiger partial charge in [0, 0.05) is 23.3 Å². The fourth-order valence-corrected chi connectivity index (χ4v) is 7.53. The summed E-state index contributed by atoms with van der Waals surface area (Å²) in [6.07, 6.45) is 0.632. The number of carbonyl (C=O) groups is 2. The van der Waals surface area contributed by atoms with Crippen LogP contribution in [0.15, 0.2) is 94.8 Å². The molecule has 7 nitrogen and oxygen atoms in total. The van der Waals surface area contributed by atoms with Crippen molar-refractivity contribution in [3.8, 4) is 5.75 Å². The summed E-state index contributed by atoms with van der Waals surface area (Å²) < 4.78 is 21.6. The topological polar surface area (TPSA) is 92.6 Å². The molecule has 1 aromatic heterocycles. The molecule has 10 heteroatoms. The lowest BCUT2D eigenvalue weighted by atomic mass is 9.94. The van der Waals surface area contributed by atoms with Gasteiger partial charge in [-0.25, -0.2) is 4.39 Å². The van der Waals surface area contributed by atoms with Gasteiger partial charge in [0.15, 0.2) is 4.34 Å². The summed E-state index contributed by atoms with van der Waals surface area (Å²) in [5.74, 6) is -1.50. The minimum atomic E-state index is -1.23. The first kappa shape index (κ1) is 27.3. The van der Waals surface area contributed by atoms with Gasteiger partial charge in [-0.1, -0.05) is 83.8 Å². The summed E-state index contributed by atoms with van der Waals surface area (Å²) in [4.78, 5) is 28.2. The van der Waals surface area contributed by atoms with Gasteiger partial charge in [-0.15, -0.1) is 10.2 Å². The number of nitrogens with zero attached hydrogens (tertiary/aromatic N) is 3. The Morgan fingerprint density at radius 3 is 2.70 bits per heavy atom.